The van der Waals surface area contributed by atoms with Crippen LogP contribution in [0.5, 0.6) is 0 Å². The highest BCUT2D eigenvalue weighted by molar-refractivity contribution is 7.99. The Kier molecular flexibility index (Phi) is 3.77. The Bertz CT molecular complexity index is 380. The second-order valence-electron chi connectivity index (χ2n) is 3.74. The number of hydrogen-bond donors (Lipinski definition) is 1. The molecule has 1 fully saturated rings. The van der Waals surface area contributed by atoms with Gasteiger partial charge in [-0.3, -0.25) is 9.78 Å². The van der Waals surface area contributed by atoms with E-state index < -0.39 is 5.82 Å². The summed E-state index contributed by atoms with van der Waals surface area (Å²) in [7, 11) is 0. The van der Waals surface area contributed by atoms with E-state index in [0.717, 1.165) is 30.5 Å². The molecule has 2 rings (SSSR count). The summed E-state index contributed by atoms with van der Waals surface area (Å²) in [5.41, 5.74) is 0.0746. The van der Waals surface area contributed by atoms with Gasteiger partial charge in [0.25, 0.3) is 5.91 Å². The normalized spacial score (nSPS) is 20.4. The lowest BCUT2D eigenvalue weighted by Crippen LogP contribution is -2.38. The smallest absolute Gasteiger partial charge is 0.254 e. The minimum atomic E-state index is -0.566. The predicted molar refractivity (Wildman–Crippen MR) is 62.0 cm³/mol. The van der Waals surface area contributed by atoms with Gasteiger partial charge in [0.05, 0.1) is 11.8 Å². The van der Waals surface area contributed by atoms with E-state index in [2.05, 4.69) is 10.3 Å². The number of carbonyl (C=O) groups excluding carboxylic acids is 1. The average molecular weight is 240 g/mol. The minimum absolute atomic E-state index is 0.0746. The first kappa shape index (κ1) is 11.4. The molecule has 86 valence electrons. The van der Waals surface area contributed by atoms with Gasteiger partial charge in [0.1, 0.15) is 0 Å². The molecule has 1 amide bonds. The largest absolute Gasteiger partial charge is 0.348 e. The first-order valence-corrected chi connectivity index (χ1v) is 6.41. The van der Waals surface area contributed by atoms with Crippen molar-refractivity contribution < 1.29 is 9.18 Å². The Morgan fingerprint density at radius 1 is 1.62 bits per heavy atom. The molecular weight excluding hydrogens is 227 g/mol. The fraction of sp³-hybridized carbons (Fsp3) is 0.455. The molecule has 16 heavy (non-hydrogen) atoms. The lowest BCUT2D eigenvalue weighted by molar-refractivity contribution is 0.0934. The van der Waals surface area contributed by atoms with Crippen LogP contribution < -0.4 is 5.32 Å². The van der Waals surface area contributed by atoms with Crippen LogP contribution in [0.25, 0.3) is 0 Å². The zero-order valence-electron chi connectivity index (χ0n) is 8.78. The summed E-state index contributed by atoms with van der Waals surface area (Å²) in [5, 5.41) is 2.85. The maximum absolute atomic E-state index is 13.3. The number of rotatable bonds is 2. The molecular formula is C11H13FN2OS. The molecule has 1 N–H and O–H groups in total. The summed E-state index contributed by atoms with van der Waals surface area (Å²) in [5.74, 6) is 1.16. The summed E-state index contributed by atoms with van der Waals surface area (Å²) in [6.45, 7) is 0. The molecule has 0 aliphatic carbocycles. The van der Waals surface area contributed by atoms with E-state index in [-0.39, 0.29) is 17.5 Å². The predicted octanol–water partition coefficient (Wildman–Crippen LogP) is 1.85. The Morgan fingerprint density at radius 3 is 3.19 bits per heavy atom. The summed E-state index contributed by atoms with van der Waals surface area (Å²) < 4.78 is 13.3. The maximum atomic E-state index is 13.3. The minimum Gasteiger partial charge on any atom is -0.348 e. The third-order valence-electron chi connectivity index (χ3n) is 2.51. The van der Waals surface area contributed by atoms with Gasteiger partial charge in [-0.15, -0.1) is 0 Å². The molecule has 0 spiro atoms. The van der Waals surface area contributed by atoms with Crippen molar-refractivity contribution >= 4 is 17.7 Å². The van der Waals surface area contributed by atoms with Gasteiger partial charge in [-0.2, -0.15) is 11.8 Å². The molecule has 1 unspecified atom stereocenters. The number of halogens is 1. The molecule has 0 aromatic carbocycles. The Morgan fingerprint density at radius 2 is 2.50 bits per heavy atom. The molecule has 5 heteroatoms. The van der Waals surface area contributed by atoms with Crippen LogP contribution in [0.1, 0.15) is 23.2 Å². The first-order chi connectivity index (χ1) is 7.77. The van der Waals surface area contributed by atoms with Crippen LogP contribution in [-0.4, -0.2) is 28.4 Å². The van der Waals surface area contributed by atoms with Gasteiger partial charge in [0, 0.05) is 18.0 Å². The zero-order chi connectivity index (χ0) is 11.4. The maximum Gasteiger partial charge on any atom is 0.254 e. The molecule has 3 nitrogen and oxygen atoms in total. The SMILES string of the molecule is O=C(NC1CCCSC1)c1ccncc1F. The summed E-state index contributed by atoms with van der Waals surface area (Å²) >= 11 is 1.82. The molecule has 0 saturated carbocycles. The van der Waals surface area contributed by atoms with Crippen molar-refractivity contribution in [3.63, 3.8) is 0 Å². The van der Waals surface area contributed by atoms with Crippen LogP contribution >= 0.6 is 11.8 Å². The first-order valence-electron chi connectivity index (χ1n) is 5.25. The van der Waals surface area contributed by atoms with Gasteiger partial charge in [-0.05, 0) is 24.7 Å². The lowest BCUT2D eigenvalue weighted by Gasteiger charge is -2.22. The van der Waals surface area contributed by atoms with Crippen LogP contribution in [0.3, 0.4) is 0 Å². The van der Waals surface area contributed by atoms with Crippen LogP contribution in [0, 0.1) is 5.82 Å². The van der Waals surface area contributed by atoms with Gasteiger partial charge < -0.3 is 5.32 Å². The van der Waals surface area contributed by atoms with Gasteiger partial charge in [-0.1, -0.05) is 0 Å². The second-order valence-corrected chi connectivity index (χ2v) is 4.89. The van der Waals surface area contributed by atoms with E-state index in [1.54, 1.807) is 0 Å². The standard InChI is InChI=1S/C11H13FN2OS/c12-10-6-13-4-3-9(10)11(15)14-8-2-1-5-16-7-8/h3-4,6,8H,1-2,5,7H2,(H,14,15). The van der Waals surface area contributed by atoms with Crippen LogP contribution in [-0.2, 0) is 0 Å². The number of nitrogens with zero attached hydrogens (tertiary/aromatic N) is 1. The monoisotopic (exact) mass is 240 g/mol. The topological polar surface area (TPSA) is 42.0 Å². The van der Waals surface area contributed by atoms with Crippen molar-refractivity contribution in [3.8, 4) is 0 Å². The molecule has 2 heterocycles. The third kappa shape index (κ3) is 2.72. The van der Waals surface area contributed by atoms with E-state index >= 15 is 0 Å². The number of carbonyl (C=O) groups is 1. The summed E-state index contributed by atoms with van der Waals surface area (Å²) in [4.78, 5) is 15.4. The number of nitrogens with one attached hydrogen (secondary N) is 1. The van der Waals surface area contributed by atoms with E-state index in [4.69, 9.17) is 0 Å². The molecule has 1 aliphatic heterocycles. The molecule has 1 saturated heterocycles. The quantitative estimate of drug-likeness (QED) is 0.857. The molecule has 1 aliphatic rings. The van der Waals surface area contributed by atoms with Gasteiger partial charge in [-0.25, -0.2) is 4.39 Å². The number of hydrogen-bond acceptors (Lipinski definition) is 3. The number of thioether (sulfide) groups is 1. The Hall–Kier alpha value is -1.10. The van der Waals surface area contributed by atoms with E-state index in [1.165, 1.54) is 12.3 Å². The molecule has 1 atom stereocenters. The molecule has 0 bridgehead atoms. The summed E-state index contributed by atoms with van der Waals surface area (Å²) in [6.07, 6.45) is 4.57. The molecule has 1 aromatic heterocycles. The highest BCUT2D eigenvalue weighted by Crippen LogP contribution is 2.17. The number of pyridine rings is 1. The highest BCUT2D eigenvalue weighted by atomic mass is 32.2. The Labute approximate surface area is 97.8 Å². The van der Waals surface area contributed by atoms with Crippen LogP contribution in [0.2, 0.25) is 0 Å². The fourth-order valence-corrected chi connectivity index (χ4v) is 2.75. The zero-order valence-corrected chi connectivity index (χ0v) is 9.60. The molecule has 0 radical (unpaired) electrons. The average Bonchev–Trinajstić information content (AvgIpc) is 2.31. The van der Waals surface area contributed by atoms with Gasteiger partial charge >= 0.3 is 0 Å². The number of amides is 1. The van der Waals surface area contributed by atoms with Crippen molar-refractivity contribution in [2.45, 2.75) is 18.9 Å². The lowest BCUT2D eigenvalue weighted by atomic mass is 10.1. The second kappa shape index (κ2) is 5.30. The highest BCUT2D eigenvalue weighted by Gasteiger charge is 2.18. The Balaban J connectivity index is 2.00. The van der Waals surface area contributed by atoms with Crippen LogP contribution in [0.15, 0.2) is 18.5 Å². The van der Waals surface area contributed by atoms with Crippen molar-refractivity contribution in [1.82, 2.24) is 10.3 Å². The van der Waals surface area contributed by atoms with E-state index in [1.807, 2.05) is 11.8 Å². The van der Waals surface area contributed by atoms with Crippen molar-refractivity contribution in [3.05, 3.63) is 29.8 Å². The van der Waals surface area contributed by atoms with Crippen LogP contribution in [0.4, 0.5) is 4.39 Å². The van der Waals surface area contributed by atoms with Gasteiger partial charge in [0.15, 0.2) is 5.82 Å². The molecule has 1 aromatic rings. The number of aromatic nitrogens is 1. The fourth-order valence-electron chi connectivity index (χ4n) is 1.68. The van der Waals surface area contributed by atoms with Crippen molar-refractivity contribution in [2.75, 3.05) is 11.5 Å². The van der Waals surface area contributed by atoms with Crippen molar-refractivity contribution in [1.29, 1.82) is 0 Å². The van der Waals surface area contributed by atoms with E-state index in [9.17, 15) is 9.18 Å². The van der Waals surface area contributed by atoms with Gasteiger partial charge in [0.2, 0.25) is 0 Å². The van der Waals surface area contributed by atoms with Crippen molar-refractivity contribution in [2.24, 2.45) is 0 Å². The third-order valence-corrected chi connectivity index (χ3v) is 3.73. The van der Waals surface area contributed by atoms with E-state index in [0.29, 0.717) is 0 Å². The summed E-state index contributed by atoms with van der Waals surface area (Å²) in [6, 6.07) is 1.57.